The summed E-state index contributed by atoms with van der Waals surface area (Å²) in [5.74, 6) is 4.82. The Morgan fingerprint density at radius 1 is 1.64 bits per heavy atom. The summed E-state index contributed by atoms with van der Waals surface area (Å²) in [5.41, 5.74) is 2.10. The van der Waals surface area contributed by atoms with Crippen LogP contribution in [0, 0.1) is 0 Å². The molecule has 0 saturated carbocycles. The molecule has 0 aliphatic rings. The molecule has 0 aromatic carbocycles. The zero-order valence-corrected chi connectivity index (χ0v) is 7.26. The van der Waals surface area contributed by atoms with Crippen LogP contribution >= 0.6 is 0 Å². The van der Waals surface area contributed by atoms with Crippen molar-refractivity contribution in [3.05, 3.63) is 0 Å². The van der Waals surface area contributed by atoms with Crippen LogP contribution in [0.1, 0.15) is 19.8 Å². The molecule has 0 bridgehead atoms. The summed E-state index contributed by atoms with van der Waals surface area (Å²) in [5, 5.41) is 0. The highest BCUT2D eigenvalue weighted by molar-refractivity contribution is 5.75. The molecule has 11 heavy (non-hydrogen) atoms. The number of amides is 1. The van der Waals surface area contributed by atoms with Gasteiger partial charge in [-0.1, -0.05) is 6.92 Å². The Morgan fingerprint density at radius 3 is 2.73 bits per heavy atom. The minimum atomic E-state index is -0.0884. The van der Waals surface area contributed by atoms with E-state index < -0.39 is 0 Å². The molecule has 3 N–H and O–H groups in total. The molecule has 0 heterocycles. The second-order valence-corrected chi connectivity index (χ2v) is 2.57. The largest absolute Gasteiger partial charge is 0.307 e. The van der Waals surface area contributed by atoms with Crippen molar-refractivity contribution in [1.82, 2.24) is 10.3 Å². The number of hydrazine groups is 1. The van der Waals surface area contributed by atoms with Gasteiger partial charge in [0.05, 0.1) is 0 Å². The Kier molecular flexibility index (Phi) is 5.78. The summed E-state index contributed by atoms with van der Waals surface area (Å²) in [6.07, 6.45) is 1.38. The molecule has 0 unspecified atom stereocenters. The minimum Gasteiger partial charge on any atom is -0.307 e. The van der Waals surface area contributed by atoms with Crippen LogP contribution < -0.4 is 11.3 Å². The Balaban J connectivity index is 3.20. The van der Waals surface area contributed by atoms with Crippen molar-refractivity contribution >= 4 is 5.91 Å². The summed E-state index contributed by atoms with van der Waals surface area (Å²) in [4.78, 5) is 12.8. The van der Waals surface area contributed by atoms with Crippen LogP contribution in [0.2, 0.25) is 0 Å². The lowest BCUT2D eigenvalue weighted by Gasteiger charge is -2.12. The SMILES string of the molecule is CCN(C)CCCC(=O)NN. The van der Waals surface area contributed by atoms with E-state index in [0.717, 1.165) is 19.5 Å². The number of rotatable bonds is 5. The van der Waals surface area contributed by atoms with Gasteiger partial charge in [0.15, 0.2) is 0 Å². The van der Waals surface area contributed by atoms with E-state index in [1.54, 1.807) is 0 Å². The predicted octanol–water partition coefficient (Wildman–Crippen LogP) is -0.292. The van der Waals surface area contributed by atoms with Crippen LogP contribution in [-0.4, -0.2) is 30.9 Å². The van der Waals surface area contributed by atoms with Crippen LogP contribution in [0.4, 0.5) is 0 Å². The van der Waals surface area contributed by atoms with Gasteiger partial charge < -0.3 is 4.90 Å². The maximum Gasteiger partial charge on any atom is 0.233 e. The molecule has 0 aromatic heterocycles. The summed E-state index contributed by atoms with van der Waals surface area (Å²) in [7, 11) is 2.03. The van der Waals surface area contributed by atoms with Crippen LogP contribution in [0.5, 0.6) is 0 Å². The van der Waals surface area contributed by atoms with E-state index in [-0.39, 0.29) is 5.91 Å². The third-order valence-electron chi connectivity index (χ3n) is 1.64. The van der Waals surface area contributed by atoms with Crippen LogP contribution in [0.15, 0.2) is 0 Å². The Hall–Kier alpha value is -0.610. The van der Waals surface area contributed by atoms with Crippen molar-refractivity contribution in [2.75, 3.05) is 20.1 Å². The van der Waals surface area contributed by atoms with Crippen molar-refractivity contribution in [2.45, 2.75) is 19.8 Å². The van der Waals surface area contributed by atoms with Crippen molar-refractivity contribution in [1.29, 1.82) is 0 Å². The third kappa shape index (κ3) is 5.82. The fourth-order valence-electron chi connectivity index (χ4n) is 0.740. The Bertz CT molecular complexity index is 116. The number of nitrogens with two attached hydrogens (primary N) is 1. The molecule has 0 aliphatic carbocycles. The average Bonchev–Trinajstić information content (AvgIpc) is 2.04. The second kappa shape index (κ2) is 6.12. The molecule has 66 valence electrons. The van der Waals surface area contributed by atoms with Gasteiger partial charge in [0, 0.05) is 6.42 Å². The highest BCUT2D eigenvalue weighted by Crippen LogP contribution is 1.91. The van der Waals surface area contributed by atoms with Crippen molar-refractivity contribution in [3.63, 3.8) is 0 Å². The number of carbonyl (C=O) groups is 1. The lowest BCUT2D eigenvalue weighted by molar-refractivity contribution is -0.121. The molecule has 4 heteroatoms. The molecule has 4 nitrogen and oxygen atoms in total. The molecule has 0 fully saturated rings. The van der Waals surface area contributed by atoms with E-state index >= 15 is 0 Å². The normalized spacial score (nSPS) is 10.2. The van der Waals surface area contributed by atoms with Gasteiger partial charge >= 0.3 is 0 Å². The van der Waals surface area contributed by atoms with E-state index in [1.807, 2.05) is 7.05 Å². The van der Waals surface area contributed by atoms with Gasteiger partial charge in [-0.15, -0.1) is 0 Å². The molecule has 0 aromatic rings. The minimum absolute atomic E-state index is 0.0884. The lowest BCUT2D eigenvalue weighted by Crippen LogP contribution is -2.30. The molecular weight excluding hydrogens is 142 g/mol. The number of hydrogen-bond acceptors (Lipinski definition) is 3. The van der Waals surface area contributed by atoms with Crippen molar-refractivity contribution < 1.29 is 4.79 Å². The molecule has 1 amide bonds. The highest BCUT2D eigenvalue weighted by atomic mass is 16.2. The van der Waals surface area contributed by atoms with Crippen molar-refractivity contribution in [2.24, 2.45) is 5.84 Å². The summed E-state index contributed by atoms with van der Waals surface area (Å²) in [6, 6.07) is 0. The van der Waals surface area contributed by atoms with Crippen LogP contribution in [-0.2, 0) is 4.79 Å². The maximum atomic E-state index is 10.6. The van der Waals surface area contributed by atoms with E-state index in [0.29, 0.717) is 6.42 Å². The quantitative estimate of drug-likeness (QED) is 0.329. The predicted molar refractivity (Wildman–Crippen MR) is 44.7 cm³/mol. The standard InChI is InChI=1S/C7H17N3O/c1-3-10(2)6-4-5-7(11)9-8/h3-6,8H2,1-2H3,(H,9,11). The number of nitrogens with one attached hydrogen (secondary N) is 1. The fourth-order valence-corrected chi connectivity index (χ4v) is 0.740. The van der Waals surface area contributed by atoms with Gasteiger partial charge in [0.25, 0.3) is 0 Å². The first-order chi connectivity index (χ1) is 5.20. The zero-order chi connectivity index (χ0) is 8.69. The monoisotopic (exact) mass is 159 g/mol. The van der Waals surface area contributed by atoms with Gasteiger partial charge in [-0.2, -0.15) is 0 Å². The number of carbonyl (C=O) groups excluding carboxylic acids is 1. The molecule has 0 aliphatic heterocycles. The molecule has 0 radical (unpaired) electrons. The first kappa shape index (κ1) is 10.4. The average molecular weight is 159 g/mol. The van der Waals surface area contributed by atoms with Gasteiger partial charge in [0.1, 0.15) is 0 Å². The third-order valence-corrected chi connectivity index (χ3v) is 1.64. The number of nitrogens with zero attached hydrogens (tertiary/aromatic N) is 1. The Morgan fingerprint density at radius 2 is 2.27 bits per heavy atom. The van der Waals surface area contributed by atoms with Gasteiger partial charge in [-0.3, -0.25) is 10.2 Å². The summed E-state index contributed by atoms with van der Waals surface area (Å²) in [6.45, 7) is 4.05. The fraction of sp³-hybridized carbons (Fsp3) is 0.857. The van der Waals surface area contributed by atoms with Crippen LogP contribution in [0.25, 0.3) is 0 Å². The second-order valence-electron chi connectivity index (χ2n) is 2.57. The first-order valence-corrected chi connectivity index (χ1v) is 3.88. The van der Waals surface area contributed by atoms with Crippen molar-refractivity contribution in [3.8, 4) is 0 Å². The smallest absolute Gasteiger partial charge is 0.233 e. The van der Waals surface area contributed by atoms with E-state index in [2.05, 4.69) is 17.2 Å². The molecule has 0 rings (SSSR count). The van der Waals surface area contributed by atoms with Crippen LogP contribution in [0.3, 0.4) is 0 Å². The van der Waals surface area contributed by atoms with Gasteiger partial charge in [0.2, 0.25) is 5.91 Å². The topological polar surface area (TPSA) is 58.4 Å². The van der Waals surface area contributed by atoms with E-state index in [1.165, 1.54) is 0 Å². The molecule has 0 spiro atoms. The molecule has 0 atom stereocenters. The van der Waals surface area contributed by atoms with E-state index in [9.17, 15) is 4.79 Å². The highest BCUT2D eigenvalue weighted by Gasteiger charge is 1.98. The first-order valence-electron chi connectivity index (χ1n) is 3.88. The summed E-state index contributed by atoms with van der Waals surface area (Å²) >= 11 is 0. The number of hydrogen-bond donors (Lipinski definition) is 2. The molecular formula is C7H17N3O. The van der Waals surface area contributed by atoms with E-state index in [4.69, 9.17) is 5.84 Å². The Labute approximate surface area is 67.7 Å². The zero-order valence-electron chi connectivity index (χ0n) is 7.26. The molecule has 0 saturated heterocycles. The van der Waals surface area contributed by atoms with Gasteiger partial charge in [-0.25, -0.2) is 5.84 Å². The van der Waals surface area contributed by atoms with Gasteiger partial charge in [-0.05, 0) is 26.6 Å². The maximum absolute atomic E-state index is 10.6. The lowest BCUT2D eigenvalue weighted by atomic mass is 10.3. The summed E-state index contributed by atoms with van der Waals surface area (Å²) < 4.78 is 0.